The molecule has 8 aromatic rings. The van der Waals surface area contributed by atoms with Gasteiger partial charge in [0.15, 0.2) is 0 Å². The Hall–Kier alpha value is -9.78. The van der Waals surface area contributed by atoms with Crippen LogP contribution in [0.15, 0.2) is 134 Å². The van der Waals surface area contributed by atoms with Crippen molar-refractivity contribution < 1.29 is 28.8 Å². The Morgan fingerprint density at radius 2 is 0.835 bits per heavy atom. The molecule has 12 heteroatoms. The third-order valence-electron chi connectivity index (χ3n) is 16.1. The molecule has 8 bridgehead atoms. The number of nitrogens with one attached hydrogen (secondary N) is 3. The van der Waals surface area contributed by atoms with E-state index >= 15 is 0 Å². The van der Waals surface area contributed by atoms with Gasteiger partial charge in [0.25, 0.3) is 0 Å². The molecule has 0 spiro atoms. The monoisotopic (exact) mass is 1210 g/mol. The third-order valence-corrected chi connectivity index (χ3v) is 16.1. The Balaban J connectivity index is 1.19. The molecule has 0 saturated heterocycles. The number of nitrogens with zero attached hydrogens (tertiary/aromatic N) is 3. The zero-order valence-electron chi connectivity index (χ0n) is 53.2. The number of aromatic nitrogens is 5. The standard InChI is InChI=1S/C79H84N6O6/c1-5-9-13-17-45-88-63-49-60(50-64(53-63)89-46-18-14-10-6-2)77-73-37-33-69(82-73)67(31-25-56-23-29-62(30-24-56)81-55-58-21-27-59(28-22-58)79(86)87)70-34-38-74(83-70)78(61-51-65(90-47-19-15-11-7-3)54-66(52-61)91-48-20-16-12-8-4)76-40-36-72(85-76)68(71-35-39-75(77)84-71)32-26-57-41-43-80-44-42-57/h21-24,27-30,33-44,49-54,81-82,85H,5-20,45-48,55H2,1-4H3,(H,86,87). The number of pyridine rings is 1. The van der Waals surface area contributed by atoms with E-state index in [-0.39, 0.29) is 5.56 Å². The summed E-state index contributed by atoms with van der Waals surface area (Å²) in [5.41, 5.74) is 14.6. The summed E-state index contributed by atoms with van der Waals surface area (Å²) in [7, 11) is 0. The number of rotatable bonds is 30. The van der Waals surface area contributed by atoms with E-state index in [0.29, 0.717) is 55.5 Å². The summed E-state index contributed by atoms with van der Waals surface area (Å²) in [5, 5.41) is 12.9. The van der Waals surface area contributed by atoms with Gasteiger partial charge in [-0.2, -0.15) is 0 Å². The van der Waals surface area contributed by atoms with Gasteiger partial charge in [0.1, 0.15) is 23.0 Å². The van der Waals surface area contributed by atoms with E-state index < -0.39 is 5.97 Å². The number of unbranched alkanes of at least 4 members (excludes halogenated alkanes) is 12. The van der Waals surface area contributed by atoms with E-state index in [1.807, 2.05) is 60.7 Å². The molecule has 0 atom stereocenters. The van der Waals surface area contributed by atoms with Crippen molar-refractivity contribution in [3.63, 3.8) is 0 Å². The van der Waals surface area contributed by atoms with Crippen LogP contribution in [0.3, 0.4) is 0 Å². The van der Waals surface area contributed by atoms with Gasteiger partial charge in [-0.25, -0.2) is 14.8 Å². The molecule has 466 valence electrons. The maximum Gasteiger partial charge on any atom is 0.335 e. The highest BCUT2D eigenvalue weighted by molar-refractivity contribution is 5.96. The first-order chi connectivity index (χ1) is 44.7. The quantitative estimate of drug-likeness (QED) is 0.0252. The first-order valence-corrected chi connectivity index (χ1v) is 32.8. The number of ether oxygens (including phenoxy) is 4. The summed E-state index contributed by atoms with van der Waals surface area (Å²) in [6.45, 7) is 11.8. The fourth-order valence-corrected chi connectivity index (χ4v) is 11.1. The van der Waals surface area contributed by atoms with Crippen LogP contribution >= 0.6 is 0 Å². The summed E-state index contributed by atoms with van der Waals surface area (Å²) >= 11 is 0. The van der Waals surface area contributed by atoms with E-state index in [1.54, 1.807) is 24.5 Å². The predicted octanol–water partition coefficient (Wildman–Crippen LogP) is 19.3. The molecular formula is C79H84N6O6. The van der Waals surface area contributed by atoms with Gasteiger partial charge in [0.2, 0.25) is 0 Å². The zero-order valence-corrected chi connectivity index (χ0v) is 53.2. The first kappa shape index (κ1) is 64.2. The van der Waals surface area contributed by atoms with Gasteiger partial charge in [-0.15, -0.1) is 0 Å². The van der Waals surface area contributed by atoms with Crippen molar-refractivity contribution in [2.24, 2.45) is 0 Å². The smallest absolute Gasteiger partial charge is 0.335 e. The SMILES string of the molecule is CCCCCCOc1cc(OCCCCCC)cc(-c2c3nc(c(C#Cc4ccc(NCc5ccc(C(=O)O)cc5)cc4)c4ccc([nH]4)c(-c4cc(OCCCCCC)cc(OCCCCCC)c4)c4nc(c(C#Cc5ccncc5)c5ccc2[nH]5)C=C4)C=C3)c1. The molecule has 12 nitrogen and oxygen atoms in total. The van der Waals surface area contributed by atoms with Gasteiger partial charge < -0.3 is 39.3 Å². The summed E-state index contributed by atoms with van der Waals surface area (Å²) < 4.78 is 26.4. The molecule has 91 heavy (non-hydrogen) atoms. The number of benzene rings is 4. The molecule has 4 aromatic carbocycles. The van der Waals surface area contributed by atoms with Gasteiger partial charge in [0.05, 0.1) is 76.9 Å². The Bertz CT molecular complexity index is 3980. The highest BCUT2D eigenvalue weighted by Crippen LogP contribution is 2.39. The largest absolute Gasteiger partial charge is 0.493 e. The minimum Gasteiger partial charge on any atom is -0.493 e. The lowest BCUT2D eigenvalue weighted by Crippen LogP contribution is -2.01. The average molecular weight is 1210 g/mol. The van der Waals surface area contributed by atoms with Crippen LogP contribution in [0.2, 0.25) is 0 Å². The molecule has 0 saturated carbocycles. The van der Waals surface area contributed by atoms with Crippen LogP contribution < -0.4 is 24.3 Å². The van der Waals surface area contributed by atoms with Crippen molar-refractivity contribution in [1.29, 1.82) is 0 Å². The Kier molecular flexibility index (Phi) is 23.4. The molecule has 4 aromatic heterocycles. The number of aromatic amines is 2. The van der Waals surface area contributed by atoms with Gasteiger partial charge in [-0.05, 0) is 164 Å². The highest BCUT2D eigenvalue weighted by atomic mass is 16.5. The Labute approximate surface area is 536 Å². The normalized spacial score (nSPS) is 11.4. The average Bonchev–Trinajstić information content (AvgIpc) is 1.71. The van der Waals surface area contributed by atoms with Crippen LogP contribution in [0.5, 0.6) is 23.0 Å². The lowest BCUT2D eigenvalue weighted by molar-refractivity contribution is 0.0696. The fraction of sp³-hybridized carbons (Fsp3) is 0.316. The van der Waals surface area contributed by atoms with E-state index in [2.05, 4.69) is 144 Å². The Morgan fingerprint density at radius 3 is 1.24 bits per heavy atom. The molecule has 4 N–H and O–H groups in total. The minimum absolute atomic E-state index is 0.254. The van der Waals surface area contributed by atoms with E-state index in [0.717, 1.165) is 204 Å². The topological polar surface area (TPSA) is 156 Å². The fourth-order valence-electron chi connectivity index (χ4n) is 11.1. The molecule has 2 aliphatic rings. The number of carboxylic acids is 1. The molecule has 0 fully saturated rings. The molecule has 0 radical (unpaired) electrons. The van der Waals surface area contributed by atoms with Gasteiger partial charge in [-0.1, -0.05) is 141 Å². The second kappa shape index (κ2) is 33.2. The number of aromatic carboxylic acids is 1. The minimum atomic E-state index is -0.949. The van der Waals surface area contributed by atoms with Crippen LogP contribution in [0, 0.1) is 23.7 Å². The summed E-state index contributed by atoms with van der Waals surface area (Å²) in [4.78, 5) is 34.6. The van der Waals surface area contributed by atoms with Gasteiger partial charge in [-0.3, -0.25) is 4.98 Å². The zero-order chi connectivity index (χ0) is 63.0. The number of carbonyl (C=O) groups is 1. The van der Waals surface area contributed by atoms with Gasteiger partial charge >= 0.3 is 5.97 Å². The van der Waals surface area contributed by atoms with Crippen molar-refractivity contribution in [1.82, 2.24) is 24.9 Å². The second-order valence-corrected chi connectivity index (χ2v) is 23.2. The van der Waals surface area contributed by atoms with Crippen molar-refractivity contribution in [3.8, 4) is 68.9 Å². The van der Waals surface area contributed by atoms with Crippen LogP contribution in [-0.2, 0) is 6.54 Å². The van der Waals surface area contributed by atoms with Gasteiger partial charge in [0, 0.05) is 70.0 Å². The molecule has 0 aliphatic carbocycles. The lowest BCUT2D eigenvalue weighted by atomic mass is 10.0. The second-order valence-electron chi connectivity index (χ2n) is 23.2. The van der Waals surface area contributed by atoms with Crippen LogP contribution in [0.4, 0.5) is 5.69 Å². The maximum atomic E-state index is 11.5. The maximum absolute atomic E-state index is 11.5. The molecule has 0 amide bonds. The predicted molar refractivity (Wildman–Crippen MR) is 372 cm³/mol. The number of anilines is 1. The third kappa shape index (κ3) is 18.0. The number of carboxylic acid groups (broad SMARTS) is 1. The van der Waals surface area contributed by atoms with E-state index in [9.17, 15) is 9.90 Å². The van der Waals surface area contributed by atoms with Crippen molar-refractivity contribution >= 4 is 58.0 Å². The van der Waals surface area contributed by atoms with Crippen molar-refractivity contribution in [3.05, 3.63) is 190 Å². The first-order valence-electron chi connectivity index (χ1n) is 32.8. The van der Waals surface area contributed by atoms with Crippen molar-refractivity contribution in [2.45, 2.75) is 137 Å². The number of hydrogen-bond acceptors (Lipinski definition) is 9. The number of fused-ring (bicyclic) bond motifs is 8. The number of H-pyrrole nitrogens is 2. The molecule has 6 heterocycles. The van der Waals surface area contributed by atoms with Crippen LogP contribution in [0.1, 0.15) is 191 Å². The molecular weight excluding hydrogens is 1130 g/mol. The molecule has 2 aliphatic heterocycles. The highest BCUT2D eigenvalue weighted by Gasteiger charge is 2.20. The Morgan fingerprint density at radius 1 is 0.440 bits per heavy atom. The molecule has 0 unspecified atom stereocenters. The summed E-state index contributed by atoms with van der Waals surface area (Å²) in [5.74, 6) is 16.1. The number of hydrogen-bond donors (Lipinski definition) is 4. The summed E-state index contributed by atoms with van der Waals surface area (Å²) in [6.07, 6.45) is 29.2. The van der Waals surface area contributed by atoms with Crippen LogP contribution in [-0.4, -0.2) is 62.4 Å². The van der Waals surface area contributed by atoms with E-state index in [1.165, 1.54) is 0 Å². The molecule has 10 rings (SSSR count). The summed E-state index contributed by atoms with van der Waals surface area (Å²) in [6, 6.07) is 39.5. The van der Waals surface area contributed by atoms with Crippen molar-refractivity contribution in [2.75, 3.05) is 31.7 Å². The van der Waals surface area contributed by atoms with Crippen LogP contribution in [0.25, 0.3) is 68.6 Å². The van der Waals surface area contributed by atoms with E-state index in [4.69, 9.17) is 28.9 Å². The lowest BCUT2D eigenvalue weighted by Gasteiger charge is -2.14.